The zero-order valence-electron chi connectivity index (χ0n) is 16.3. The minimum Gasteiger partial charge on any atom is -0.369 e. The lowest BCUT2D eigenvalue weighted by molar-refractivity contribution is -0.384. The van der Waals surface area contributed by atoms with Crippen LogP contribution in [0.4, 0.5) is 11.4 Å². The number of anilines is 1. The van der Waals surface area contributed by atoms with Crippen LogP contribution in [0.5, 0.6) is 0 Å². The fourth-order valence-electron chi connectivity index (χ4n) is 4.51. The molecular weight excluding hydrogens is 358 g/mol. The maximum absolute atomic E-state index is 10.8. The molecule has 0 bridgehead atoms. The van der Waals surface area contributed by atoms with E-state index < -0.39 is 0 Å². The number of rotatable bonds is 6. The minimum atomic E-state index is -0.359. The summed E-state index contributed by atoms with van der Waals surface area (Å²) >= 11 is 0. The summed E-state index contributed by atoms with van der Waals surface area (Å²) in [5, 5.41) is 23.5. The van der Waals surface area contributed by atoms with Gasteiger partial charge in [0.1, 0.15) is 0 Å². The summed E-state index contributed by atoms with van der Waals surface area (Å²) < 4.78 is 2.07. The molecule has 2 aliphatic rings. The maximum Gasteiger partial charge on any atom is 0.269 e. The second-order valence-corrected chi connectivity index (χ2v) is 7.64. The predicted octanol–water partition coefficient (Wildman–Crippen LogP) is 2.97. The highest BCUT2D eigenvalue weighted by Crippen LogP contribution is 2.33. The van der Waals surface area contributed by atoms with E-state index in [0.717, 1.165) is 44.1 Å². The van der Waals surface area contributed by atoms with Crippen molar-refractivity contribution in [1.82, 2.24) is 25.1 Å². The molecule has 2 heterocycles. The molecule has 0 spiro atoms. The van der Waals surface area contributed by atoms with Gasteiger partial charge in [0.15, 0.2) is 5.82 Å². The van der Waals surface area contributed by atoms with Gasteiger partial charge in [-0.15, -0.1) is 5.10 Å². The summed E-state index contributed by atoms with van der Waals surface area (Å²) in [5.41, 5.74) is 1.17. The number of benzene rings is 1. The molecule has 1 atom stereocenters. The summed E-state index contributed by atoms with van der Waals surface area (Å²) in [6.07, 6.45) is 5.83. The van der Waals surface area contributed by atoms with Crippen LogP contribution in [0.2, 0.25) is 0 Å². The van der Waals surface area contributed by atoms with Crippen molar-refractivity contribution in [1.29, 1.82) is 0 Å². The molecular formula is C19H27N7O2. The number of nitro benzene ring substituents is 1. The molecule has 1 aliphatic carbocycles. The zero-order valence-corrected chi connectivity index (χ0v) is 16.3. The molecule has 2 aromatic rings. The van der Waals surface area contributed by atoms with Crippen molar-refractivity contribution in [2.45, 2.75) is 51.1 Å². The summed E-state index contributed by atoms with van der Waals surface area (Å²) in [7, 11) is 0. The Bertz CT molecular complexity index is 793. The lowest BCUT2D eigenvalue weighted by Gasteiger charge is -2.39. The van der Waals surface area contributed by atoms with Crippen molar-refractivity contribution in [3.63, 3.8) is 0 Å². The van der Waals surface area contributed by atoms with E-state index in [2.05, 4.69) is 36.9 Å². The van der Waals surface area contributed by atoms with E-state index in [-0.39, 0.29) is 16.7 Å². The zero-order chi connectivity index (χ0) is 19.5. The number of piperazine rings is 1. The second kappa shape index (κ2) is 8.22. The van der Waals surface area contributed by atoms with E-state index in [1.54, 1.807) is 12.1 Å². The SMILES string of the molecule is CC[C@H](c1nnnn1C1CCCC1)N1CCN(c2ccc([N+](=O)[O-])cc2)CC1. The Kier molecular flexibility index (Phi) is 5.52. The molecule has 1 saturated carbocycles. The molecule has 1 aromatic heterocycles. The van der Waals surface area contributed by atoms with Crippen LogP contribution in [0.1, 0.15) is 56.9 Å². The Balaban J connectivity index is 1.42. The number of non-ortho nitro benzene ring substituents is 1. The van der Waals surface area contributed by atoms with Crippen LogP contribution in [0.3, 0.4) is 0 Å². The van der Waals surface area contributed by atoms with Crippen molar-refractivity contribution in [2.24, 2.45) is 0 Å². The van der Waals surface area contributed by atoms with E-state index in [0.29, 0.717) is 6.04 Å². The van der Waals surface area contributed by atoms with Gasteiger partial charge in [-0.05, 0) is 41.8 Å². The Labute approximate surface area is 164 Å². The Morgan fingerprint density at radius 2 is 1.82 bits per heavy atom. The van der Waals surface area contributed by atoms with Gasteiger partial charge in [-0.1, -0.05) is 19.8 Å². The lowest BCUT2D eigenvalue weighted by Crippen LogP contribution is -2.48. The van der Waals surface area contributed by atoms with Crippen molar-refractivity contribution < 1.29 is 4.92 Å². The van der Waals surface area contributed by atoms with Gasteiger partial charge in [0.2, 0.25) is 0 Å². The summed E-state index contributed by atoms with van der Waals surface area (Å²) in [5.74, 6) is 0.998. The van der Waals surface area contributed by atoms with Crippen LogP contribution in [0.15, 0.2) is 24.3 Å². The molecule has 4 rings (SSSR count). The smallest absolute Gasteiger partial charge is 0.269 e. The summed E-state index contributed by atoms with van der Waals surface area (Å²) in [6, 6.07) is 7.51. The third-order valence-electron chi connectivity index (χ3n) is 6.05. The molecule has 9 nitrogen and oxygen atoms in total. The molecule has 1 saturated heterocycles. The van der Waals surface area contributed by atoms with E-state index >= 15 is 0 Å². The quantitative estimate of drug-likeness (QED) is 0.557. The number of nitro groups is 1. The minimum absolute atomic E-state index is 0.132. The first-order valence-electron chi connectivity index (χ1n) is 10.2. The van der Waals surface area contributed by atoms with Gasteiger partial charge in [-0.25, -0.2) is 4.68 Å². The average molecular weight is 385 g/mol. The Morgan fingerprint density at radius 3 is 2.43 bits per heavy atom. The van der Waals surface area contributed by atoms with Gasteiger partial charge < -0.3 is 4.90 Å². The first-order valence-corrected chi connectivity index (χ1v) is 10.2. The molecule has 0 amide bonds. The Morgan fingerprint density at radius 1 is 1.14 bits per heavy atom. The third-order valence-corrected chi connectivity index (χ3v) is 6.05. The highest BCUT2D eigenvalue weighted by atomic mass is 16.6. The van der Waals surface area contributed by atoms with Crippen LogP contribution in [0, 0.1) is 10.1 Å². The van der Waals surface area contributed by atoms with Crippen LogP contribution >= 0.6 is 0 Å². The topological polar surface area (TPSA) is 93.2 Å². The van der Waals surface area contributed by atoms with Crippen molar-refractivity contribution >= 4 is 11.4 Å². The molecule has 1 aliphatic heterocycles. The van der Waals surface area contributed by atoms with E-state index in [4.69, 9.17) is 0 Å². The molecule has 28 heavy (non-hydrogen) atoms. The lowest BCUT2D eigenvalue weighted by atomic mass is 10.1. The van der Waals surface area contributed by atoms with Gasteiger partial charge in [-0.2, -0.15) is 0 Å². The maximum atomic E-state index is 10.8. The molecule has 1 aromatic carbocycles. The molecule has 2 fully saturated rings. The molecule has 9 heteroatoms. The van der Waals surface area contributed by atoms with Gasteiger partial charge in [0.25, 0.3) is 5.69 Å². The monoisotopic (exact) mass is 385 g/mol. The first kappa shape index (κ1) is 18.8. The number of aromatic nitrogens is 4. The molecule has 0 N–H and O–H groups in total. The number of nitrogens with zero attached hydrogens (tertiary/aromatic N) is 7. The second-order valence-electron chi connectivity index (χ2n) is 7.64. The van der Waals surface area contributed by atoms with Gasteiger partial charge in [-0.3, -0.25) is 15.0 Å². The average Bonchev–Trinajstić information content (AvgIpc) is 3.41. The number of hydrogen-bond donors (Lipinski definition) is 0. The van der Waals surface area contributed by atoms with Crippen LogP contribution in [-0.2, 0) is 0 Å². The molecule has 0 radical (unpaired) electrons. The van der Waals surface area contributed by atoms with Crippen LogP contribution in [0.25, 0.3) is 0 Å². The number of tetrazole rings is 1. The summed E-state index contributed by atoms with van der Waals surface area (Å²) in [6.45, 7) is 5.82. The Hall–Kier alpha value is -2.55. The van der Waals surface area contributed by atoms with Crippen molar-refractivity contribution in [2.75, 3.05) is 31.1 Å². The normalized spacial score (nSPS) is 19.8. The highest BCUT2D eigenvalue weighted by molar-refractivity contribution is 5.51. The van der Waals surface area contributed by atoms with Gasteiger partial charge in [0.05, 0.1) is 17.0 Å². The van der Waals surface area contributed by atoms with Gasteiger partial charge in [0, 0.05) is 44.0 Å². The number of hydrogen-bond acceptors (Lipinski definition) is 7. The summed E-state index contributed by atoms with van der Waals surface area (Å²) in [4.78, 5) is 15.2. The van der Waals surface area contributed by atoms with E-state index in [1.807, 2.05) is 12.1 Å². The van der Waals surface area contributed by atoms with Crippen molar-refractivity contribution in [3.8, 4) is 0 Å². The van der Waals surface area contributed by atoms with Crippen LogP contribution in [-0.4, -0.2) is 56.2 Å². The fraction of sp³-hybridized carbons (Fsp3) is 0.632. The van der Waals surface area contributed by atoms with Gasteiger partial charge >= 0.3 is 0 Å². The highest BCUT2D eigenvalue weighted by Gasteiger charge is 2.30. The third kappa shape index (κ3) is 3.71. The largest absolute Gasteiger partial charge is 0.369 e. The standard InChI is InChI=1S/C19H27N7O2/c1-2-18(19-20-21-22-25(19)16-5-3-4-6-16)24-13-11-23(12-14-24)15-7-9-17(10-8-15)26(27)28/h7-10,16,18H,2-6,11-14H2,1H3/t18-/m1/s1. The first-order chi connectivity index (χ1) is 13.7. The molecule has 150 valence electrons. The van der Waals surface area contributed by atoms with E-state index in [1.165, 1.54) is 25.7 Å². The predicted molar refractivity (Wildman–Crippen MR) is 105 cm³/mol. The fourth-order valence-corrected chi connectivity index (χ4v) is 4.51. The van der Waals surface area contributed by atoms with Crippen molar-refractivity contribution in [3.05, 3.63) is 40.2 Å². The van der Waals surface area contributed by atoms with Crippen LogP contribution < -0.4 is 4.90 Å². The van der Waals surface area contributed by atoms with E-state index in [9.17, 15) is 10.1 Å². The molecule has 0 unspecified atom stereocenters.